The number of methoxy groups -OCH3 is 2. The van der Waals surface area contributed by atoms with Crippen LogP contribution >= 0.6 is 0 Å². The molecule has 0 unspecified atom stereocenters. The van der Waals surface area contributed by atoms with Crippen molar-refractivity contribution in [1.82, 2.24) is 19.6 Å². The van der Waals surface area contributed by atoms with E-state index in [4.69, 9.17) is 18.9 Å². The van der Waals surface area contributed by atoms with E-state index in [-0.39, 0.29) is 32.2 Å². The van der Waals surface area contributed by atoms with E-state index in [1.54, 1.807) is 9.80 Å². The highest BCUT2D eigenvalue weighted by molar-refractivity contribution is 5.72. The topological polar surface area (TPSA) is 159 Å². The van der Waals surface area contributed by atoms with Crippen molar-refractivity contribution in [2.75, 3.05) is 106 Å². The lowest BCUT2D eigenvalue weighted by molar-refractivity contribution is -0.145. The maximum absolute atomic E-state index is 12.5. The predicted octanol–water partition coefficient (Wildman–Crippen LogP) is -0.250. The lowest BCUT2D eigenvalue weighted by Gasteiger charge is -2.38. The maximum atomic E-state index is 12.5. The highest BCUT2D eigenvalue weighted by atomic mass is 16.5. The summed E-state index contributed by atoms with van der Waals surface area (Å²) in [6, 6.07) is 7.34. The Bertz CT molecular complexity index is 1010. The van der Waals surface area contributed by atoms with Crippen LogP contribution in [0, 0.1) is 0 Å². The van der Waals surface area contributed by atoms with Gasteiger partial charge in [0.25, 0.3) is 0 Å². The molecule has 2 N–H and O–H groups in total. The van der Waals surface area contributed by atoms with Gasteiger partial charge >= 0.3 is 23.9 Å². The molecule has 1 fully saturated rings. The smallest absolute Gasteiger partial charge is 0.319 e. The van der Waals surface area contributed by atoms with E-state index < -0.39 is 23.9 Å². The van der Waals surface area contributed by atoms with E-state index in [9.17, 15) is 29.4 Å². The Morgan fingerprint density at radius 1 is 0.744 bits per heavy atom. The summed E-state index contributed by atoms with van der Waals surface area (Å²) in [7, 11) is 2.63. The van der Waals surface area contributed by atoms with Crippen molar-refractivity contribution in [2.24, 2.45) is 0 Å². The van der Waals surface area contributed by atoms with Crippen molar-refractivity contribution in [1.29, 1.82) is 0 Å². The van der Waals surface area contributed by atoms with Gasteiger partial charge in [-0.2, -0.15) is 0 Å². The van der Waals surface area contributed by atoms with Gasteiger partial charge in [-0.25, -0.2) is 0 Å². The fourth-order valence-electron chi connectivity index (χ4n) is 4.82. The summed E-state index contributed by atoms with van der Waals surface area (Å²) in [5.74, 6) is -2.17. The van der Waals surface area contributed by atoms with Gasteiger partial charge in [0, 0.05) is 58.5 Å². The predicted molar refractivity (Wildman–Crippen MR) is 156 cm³/mol. The average Bonchev–Trinajstić information content (AvgIpc) is 2.97. The first-order valence-corrected chi connectivity index (χ1v) is 14.4. The highest BCUT2D eigenvalue weighted by Gasteiger charge is 2.28. The number of hydrogen-bond donors (Lipinski definition) is 2. The molecule has 0 radical (unpaired) electrons. The third kappa shape index (κ3) is 14.6. The van der Waals surface area contributed by atoms with E-state index in [1.165, 1.54) is 14.2 Å². The molecule has 1 aromatic carbocycles. The number of carboxylic acids is 2. The molecule has 0 aliphatic carbocycles. The lowest BCUT2D eigenvalue weighted by atomic mass is 10.0. The molecular weight excluding hydrogens is 564 g/mol. The molecule has 43 heavy (non-hydrogen) atoms. The van der Waals surface area contributed by atoms with E-state index in [0.29, 0.717) is 77.8 Å². The van der Waals surface area contributed by atoms with Crippen molar-refractivity contribution in [3.63, 3.8) is 0 Å². The molecule has 1 atom stereocenters. The maximum Gasteiger partial charge on any atom is 0.319 e. The number of aliphatic carboxylic acids is 2. The molecule has 2 rings (SSSR count). The monoisotopic (exact) mass is 610 g/mol. The Kier molecular flexibility index (Phi) is 16.5. The second-order valence-corrected chi connectivity index (χ2v) is 10.2. The quantitative estimate of drug-likeness (QED) is 0.198. The molecule has 1 aromatic rings. The first-order valence-electron chi connectivity index (χ1n) is 14.4. The van der Waals surface area contributed by atoms with Crippen molar-refractivity contribution in [3.8, 4) is 5.75 Å². The summed E-state index contributed by atoms with van der Waals surface area (Å²) in [4.78, 5) is 55.3. The second kappa shape index (κ2) is 19.8. The molecule has 242 valence electrons. The summed E-state index contributed by atoms with van der Waals surface area (Å²) >= 11 is 0. The average molecular weight is 611 g/mol. The molecule has 14 nitrogen and oxygen atoms in total. The van der Waals surface area contributed by atoms with Crippen LogP contribution in [0.1, 0.15) is 12.5 Å². The van der Waals surface area contributed by atoms with Crippen molar-refractivity contribution >= 4 is 23.9 Å². The zero-order chi connectivity index (χ0) is 31.6. The summed E-state index contributed by atoms with van der Waals surface area (Å²) in [5.41, 5.74) is 0.969. The van der Waals surface area contributed by atoms with Gasteiger partial charge in [0.05, 0.1) is 47.0 Å². The zero-order valence-corrected chi connectivity index (χ0v) is 25.4. The Hall–Kier alpha value is -3.30. The fraction of sp³-hybridized carbons (Fsp3) is 0.655. The lowest BCUT2D eigenvalue weighted by Crippen LogP contribution is -2.53. The summed E-state index contributed by atoms with van der Waals surface area (Å²) in [6.07, 6.45) is 0.506. The van der Waals surface area contributed by atoms with Crippen LogP contribution in [0.25, 0.3) is 0 Å². The number of esters is 2. The number of carboxylic acid groups (broad SMARTS) is 2. The van der Waals surface area contributed by atoms with Crippen LogP contribution in [-0.2, 0) is 39.8 Å². The molecule has 0 amide bonds. The minimum Gasteiger partial charge on any atom is -0.491 e. The summed E-state index contributed by atoms with van der Waals surface area (Å²) in [6.45, 7) is 5.32. The standard InChI is InChI=1S/C29H46N4O10/c1-4-42-15-16-43-25-7-5-23(6-8-25)17-24-18-32(21-28(38)40-2)12-11-30(19-26(34)35)9-10-31(20-27(36)37)13-14-33(24)22-29(39)41-3/h5-8,24H,4,9-22H2,1-3H3,(H,34,35)(H,36,37)/t24-/m0/s1. The van der Waals surface area contributed by atoms with Gasteiger partial charge in [-0.05, 0) is 31.0 Å². The van der Waals surface area contributed by atoms with Crippen LogP contribution < -0.4 is 4.74 Å². The van der Waals surface area contributed by atoms with Crippen LogP contribution in [0.15, 0.2) is 24.3 Å². The Morgan fingerprint density at radius 3 is 1.81 bits per heavy atom. The molecular formula is C29H46N4O10. The van der Waals surface area contributed by atoms with Gasteiger partial charge in [-0.1, -0.05) is 12.1 Å². The fourth-order valence-corrected chi connectivity index (χ4v) is 4.82. The van der Waals surface area contributed by atoms with Gasteiger partial charge in [-0.15, -0.1) is 0 Å². The normalized spacial score (nSPS) is 18.3. The Morgan fingerprint density at radius 2 is 1.28 bits per heavy atom. The van der Waals surface area contributed by atoms with Crippen molar-refractivity contribution in [3.05, 3.63) is 29.8 Å². The van der Waals surface area contributed by atoms with E-state index in [1.807, 2.05) is 41.0 Å². The molecule has 0 bridgehead atoms. The van der Waals surface area contributed by atoms with Gasteiger partial charge in [0.2, 0.25) is 0 Å². The Labute approximate surface area is 253 Å². The first-order chi connectivity index (χ1) is 20.6. The van der Waals surface area contributed by atoms with Gasteiger partial charge in [0.1, 0.15) is 12.4 Å². The minimum absolute atomic E-state index is 0.0161. The molecule has 1 aliphatic heterocycles. The molecule has 14 heteroatoms. The van der Waals surface area contributed by atoms with Crippen molar-refractivity contribution in [2.45, 2.75) is 19.4 Å². The summed E-state index contributed by atoms with van der Waals surface area (Å²) in [5, 5.41) is 19.0. The van der Waals surface area contributed by atoms with Gasteiger partial charge in [0.15, 0.2) is 0 Å². The number of hydrogen-bond acceptors (Lipinski definition) is 12. The largest absolute Gasteiger partial charge is 0.491 e. The molecule has 0 saturated carbocycles. The highest BCUT2D eigenvalue weighted by Crippen LogP contribution is 2.17. The van der Waals surface area contributed by atoms with E-state index in [0.717, 1.165) is 5.56 Å². The van der Waals surface area contributed by atoms with Crippen molar-refractivity contribution < 1.29 is 48.3 Å². The zero-order valence-electron chi connectivity index (χ0n) is 25.4. The minimum atomic E-state index is -0.999. The van der Waals surface area contributed by atoms with Crippen LogP contribution in [-0.4, -0.2) is 166 Å². The number of rotatable bonds is 15. The third-order valence-electron chi connectivity index (χ3n) is 7.11. The van der Waals surface area contributed by atoms with Crippen LogP contribution in [0.3, 0.4) is 0 Å². The second-order valence-electron chi connectivity index (χ2n) is 10.2. The number of carbonyl (C=O) groups excluding carboxylic acids is 2. The SMILES string of the molecule is CCOCCOc1ccc(C[C@H]2CN(CC(=O)OC)CCN(CC(=O)O)CCN(CC(=O)O)CCN2CC(=O)OC)cc1. The van der Waals surface area contributed by atoms with Gasteiger partial charge in [-0.3, -0.25) is 38.8 Å². The van der Waals surface area contributed by atoms with Crippen LogP contribution in [0.5, 0.6) is 5.75 Å². The van der Waals surface area contributed by atoms with E-state index in [2.05, 4.69) is 0 Å². The Balaban J connectivity index is 2.38. The van der Waals surface area contributed by atoms with Gasteiger partial charge < -0.3 is 29.2 Å². The molecule has 0 aromatic heterocycles. The molecule has 1 saturated heterocycles. The molecule has 0 spiro atoms. The number of carbonyl (C=O) groups is 4. The van der Waals surface area contributed by atoms with E-state index >= 15 is 0 Å². The molecule has 1 aliphatic rings. The van der Waals surface area contributed by atoms with Crippen LogP contribution in [0.4, 0.5) is 0 Å². The van der Waals surface area contributed by atoms with Crippen LogP contribution in [0.2, 0.25) is 0 Å². The number of ether oxygens (including phenoxy) is 4. The molecule has 1 heterocycles. The number of benzene rings is 1. The summed E-state index contributed by atoms with van der Waals surface area (Å²) < 4.78 is 21.0. The first kappa shape index (κ1) is 35.9. The number of nitrogens with zero attached hydrogens (tertiary/aromatic N) is 4. The third-order valence-corrected chi connectivity index (χ3v) is 7.11.